The van der Waals surface area contributed by atoms with Gasteiger partial charge in [-0.1, -0.05) is 19.3 Å². The predicted octanol–water partition coefficient (Wildman–Crippen LogP) is 2.37. The zero-order valence-electron chi connectivity index (χ0n) is 5.26. The Hall–Kier alpha value is 0.259. The molecule has 0 atom stereocenters. The molecule has 8 heavy (non-hydrogen) atoms. The van der Waals surface area contributed by atoms with Gasteiger partial charge in [-0.2, -0.15) is 6.42 Å². The van der Waals surface area contributed by atoms with Crippen molar-refractivity contribution in [3.63, 3.8) is 0 Å². The van der Waals surface area contributed by atoms with Gasteiger partial charge in [0, 0.05) is 0 Å². The molecule has 0 aliphatic heterocycles. The van der Waals surface area contributed by atoms with Gasteiger partial charge in [-0.25, -0.2) is 0 Å². The van der Waals surface area contributed by atoms with Gasteiger partial charge in [-0.15, -0.1) is 0 Å². The second-order valence-corrected chi connectivity index (χ2v) is 1.65. The van der Waals surface area contributed by atoms with Crippen LogP contribution in [0.2, 0.25) is 0 Å². The van der Waals surface area contributed by atoms with Crippen molar-refractivity contribution in [3.05, 3.63) is 19.6 Å². The van der Waals surface area contributed by atoms with Crippen LogP contribution >= 0.6 is 0 Å². The minimum atomic E-state index is 0. The maximum Gasteiger partial charge on any atom is 2.00 e. The Balaban J connectivity index is 0. The molecule has 0 N–H and O–H groups in total. The molecule has 1 aliphatic carbocycles. The van der Waals surface area contributed by atoms with Gasteiger partial charge in [0.05, 0.1) is 0 Å². The Labute approximate surface area is 62.8 Å². The van der Waals surface area contributed by atoms with E-state index in [0.29, 0.717) is 0 Å². The molecule has 1 aliphatic rings. The summed E-state index contributed by atoms with van der Waals surface area (Å²) in [6, 6.07) is 0. The summed E-state index contributed by atoms with van der Waals surface area (Å²) in [5.74, 6) is 0. The first-order valence-corrected chi connectivity index (χ1v) is 2.55. The van der Waals surface area contributed by atoms with E-state index in [1.165, 1.54) is 25.7 Å². The average Bonchev–Trinajstić information content (AvgIpc) is 1.72. The van der Waals surface area contributed by atoms with Crippen molar-refractivity contribution in [2.45, 2.75) is 25.7 Å². The van der Waals surface area contributed by atoms with Crippen LogP contribution in [0.3, 0.4) is 0 Å². The standard InChI is InChI=1S/C6H9.CH3.Fe/c1-2-4-6-5-3-1;;/h1H,2,4-6H2;1H3;/q2*-1;+2. The summed E-state index contributed by atoms with van der Waals surface area (Å²) in [4.78, 5) is 0. The fourth-order valence-corrected chi connectivity index (χ4v) is 0.678. The minimum absolute atomic E-state index is 0. The predicted molar refractivity (Wildman–Crippen MR) is 32.7 cm³/mol. The van der Waals surface area contributed by atoms with Crippen molar-refractivity contribution in [1.29, 1.82) is 0 Å². The molecule has 0 spiro atoms. The third kappa shape index (κ3) is 4.42. The van der Waals surface area contributed by atoms with Crippen molar-refractivity contribution in [3.8, 4) is 0 Å². The summed E-state index contributed by atoms with van der Waals surface area (Å²) < 4.78 is 0. The zero-order chi connectivity index (χ0) is 4.24. The van der Waals surface area contributed by atoms with Crippen LogP contribution in [0, 0.1) is 13.5 Å². The van der Waals surface area contributed by atoms with Crippen molar-refractivity contribution < 1.29 is 17.1 Å². The van der Waals surface area contributed by atoms with Gasteiger partial charge in [0.2, 0.25) is 0 Å². The third-order valence-corrected chi connectivity index (χ3v) is 1.06. The molecule has 0 radical (unpaired) electrons. The van der Waals surface area contributed by atoms with Gasteiger partial charge in [0.1, 0.15) is 0 Å². The molecule has 1 rings (SSSR count). The van der Waals surface area contributed by atoms with E-state index in [1.807, 2.05) is 0 Å². The number of hydrogen-bond acceptors (Lipinski definition) is 0. The van der Waals surface area contributed by atoms with Crippen LogP contribution in [0.15, 0.2) is 6.08 Å². The van der Waals surface area contributed by atoms with Crippen LogP contribution in [0.4, 0.5) is 0 Å². The van der Waals surface area contributed by atoms with E-state index in [0.717, 1.165) is 0 Å². The van der Waals surface area contributed by atoms with E-state index in [4.69, 9.17) is 0 Å². The van der Waals surface area contributed by atoms with Gasteiger partial charge in [-0.05, 0) is 0 Å². The second-order valence-electron chi connectivity index (χ2n) is 1.65. The summed E-state index contributed by atoms with van der Waals surface area (Å²) in [5, 5.41) is 0. The van der Waals surface area contributed by atoms with E-state index in [1.54, 1.807) is 0 Å². The van der Waals surface area contributed by atoms with E-state index in [2.05, 4.69) is 12.2 Å². The second kappa shape index (κ2) is 7.26. The molecule has 0 unspecified atom stereocenters. The van der Waals surface area contributed by atoms with Crippen molar-refractivity contribution >= 4 is 0 Å². The van der Waals surface area contributed by atoms with E-state index in [9.17, 15) is 0 Å². The van der Waals surface area contributed by atoms with Gasteiger partial charge in [0.15, 0.2) is 0 Å². The van der Waals surface area contributed by atoms with Crippen LogP contribution < -0.4 is 0 Å². The minimum Gasteiger partial charge on any atom is -0.501 e. The quantitative estimate of drug-likeness (QED) is 0.369. The van der Waals surface area contributed by atoms with Crippen molar-refractivity contribution in [2.24, 2.45) is 0 Å². The molecule has 0 heterocycles. The van der Waals surface area contributed by atoms with E-state index < -0.39 is 0 Å². The molecule has 0 aromatic rings. The Morgan fingerprint density at radius 3 is 2.12 bits per heavy atom. The van der Waals surface area contributed by atoms with Gasteiger partial charge >= 0.3 is 17.1 Å². The summed E-state index contributed by atoms with van der Waals surface area (Å²) >= 11 is 0. The average molecular weight is 152 g/mol. The summed E-state index contributed by atoms with van der Waals surface area (Å²) in [6.45, 7) is 0. The number of hydrogen-bond donors (Lipinski definition) is 0. The molecule has 0 saturated heterocycles. The van der Waals surface area contributed by atoms with E-state index >= 15 is 0 Å². The zero-order valence-corrected chi connectivity index (χ0v) is 6.36. The van der Waals surface area contributed by atoms with Gasteiger partial charge in [0.25, 0.3) is 0 Å². The topological polar surface area (TPSA) is 0 Å². The van der Waals surface area contributed by atoms with Gasteiger partial charge < -0.3 is 13.5 Å². The molecular weight excluding hydrogens is 140 g/mol. The molecule has 0 fully saturated rings. The maximum atomic E-state index is 3.16. The third-order valence-electron chi connectivity index (χ3n) is 1.06. The molecule has 0 aromatic heterocycles. The summed E-state index contributed by atoms with van der Waals surface area (Å²) in [6.07, 6.45) is 10.5. The van der Waals surface area contributed by atoms with E-state index in [-0.39, 0.29) is 24.5 Å². The van der Waals surface area contributed by atoms with Crippen LogP contribution in [0.1, 0.15) is 25.7 Å². The van der Waals surface area contributed by atoms with Crippen LogP contribution in [-0.4, -0.2) is 0 Å². The Morgan fingerprint density at radius 2 is 2.00 bits per heavy atom. The fourth-order valence-electron chi connectivity index (χ4n) is 0.678. The monoisotopic (exact) mass is 152 g/mol. The smallest absolute Gasteiger partial charge is 0.501 e. The summed E-state index contributed by atoms with van der Waals surface area (Å²) in [5.41, 5.74) is 0. The fraction of sp³-hybridized carbons (Fsp3) is 0.571. The van der Waals surface area contributed by atoms with Gasteiger partial charge in [-0.3, -0.25) is 6.08 Å². The first-order chi connectivity index (χ1) is 3.00. The molecule has 1 heteroatoms. The first kappa shape index (κ1) is 11.1. The largest absolute Gasteiger partial charge is 2.00 e. The molecule has 0 nitrogen and oxygen atoms in total. The number of rotatable bonds is 0. The maximum absolute atomic E-state index is 3.16. The molecule has 0 aromatic carbocycles. The van der Waals surface area contributed by atoms with Crippen molar-refractivity contribution in [1.82, 2.24) is 0 Å². The molecule has 0 bridgehead atoms. The molecule has 0 saturated carbocycles. The Bertz CT molecular complexity index is 49.4. The summed E-state index contributed by atoms with van der Waals surface area (Å²) in [7, 11) is 0. The molecule has 0 amide bonds. The molecule has 48 valence electrons. The SMILES string of the molecule is [C-]1=CCCCC1.[CH3-].[Fe+2]. The number of allylic oxidation sites excluding steroid dienone is 2. The van der Waals surface area contributed by atoms with Crippen molar-refractivity contribution in [2.75, 3.05) is 0 Å². The molecular formula is C7H12Fe. The van der Waals surface area contributed by atoms with Crippen LogP contribution in [0.25, 0.3) is 0 Å². The first-order valence-electron chi connectivity index (χ1n) is 2.55. The normalized spacial score (nSPS) is 16.0. The van der Waals surface area contributed by atoms with Crippen LogP contribution in [-0.2, 0) is 17.1 Å². The Kier molecular flexibility index (Phi) is 10.1. The van der Waals surface area contributed by atoms with Crippen LogP contribution in [0.5, 0.6) is 0 Å². The Morgan fingerprint density at radius 1 is 1.25 bits per heavy atom.